The molecule has 0 radical (unpaired) electrons. The SMILES string of the molecule is NC(=O)COCCNCC1Cc2cc(Cl)ccc2O1. The number of ether oxygens (including phenoxy) is 2. The highest BCUT2D eigenvalue weighted by atomic mass is 35.5. The molecule has 0 saturated heterocycles. The van der Waals surface area contributed by atoms with E-state index in [9.17, 15) is 4.79 Å². The molecule has 0 aliphatic carbocycles. The van der Waals surface area contributed by atoms with Crippen LogP contribution in [-0.4, -0.2) is 38.3 Å². The standard InChI is InChI=1S/C13H17ClN2O3/c14-10-1-2-12-9(5-10)6-11(19-12)7-16-3-4-18-8-13(15)17/h1-2,5,11,16H,3-4,6-8H2,(H2,15,17). The van der Waals surface area contributed by atoms with Gasteiger partial charge in [-0.1, -0.05) is 11.6 Å². The van der Waals surface area contributed by atoms with Gasteiger partial charge in [0.2, 0.25) is 5.91 Å². The number of halogens is 1. The van der Waals surface area contributed by atoms with Crippen molar-refractivity contribution < 1.29 is 14.3 Å². The first-order chi connectivity index (χ1) is 9.15. The monoisotopic (exact) mass is 284 g/mol. The van der Waals surface area contributed by atoms with Gasteiger partial charge in [0.15, 0.2) is 0 Å². The molecule has 6 heteroatoms. The highest BCUT2D eigenvalue weighted by molar-refractivity contribution is 6.30. The molecule has 1 amide bonds. The van der Waals surface area contributed by atoms with Crippen LogP contribution in [0.3, 0.4) is 0 Å². The number of carbonyl (C=O) groups excluding carboxylic acids is 1. The number of nitrogens with one attached hydrogen (secondary N) is 1. The van der Waals surface area contributed by atoms with E-state index in [0.717, 1.165) is 29.3 Å². The van der Waals surface area contributed by atoms with E-state index in [-0.39, 0.29) is 12.7 Å². The molecular formula is C13H17ClN2O3. The fraction of sp³-hybridized carbons (Fsp3) is 0.462. The van der Waals surface area contributed by atoms with E-state index < -0.39 is 5.91 Å². The Labute approximate surface area is 117 Å². The zero-order chi connectivity index (χ0) is 13.7. The van der Waals surface area contributed by atoms with E-state index in [0.29, 0.717) is 13.2 Å². The Morgan fingerprint density at radius 1 is 1.58 bits per heavy atom. The molecule has 1 aliphatic rings. The molecule has 104 valence electrons. The van der Waals surface area contributed by atoms with Crippen LogP contribution in [-0.2, 0) is 16.0 Å². The molecule has 1 aromatic carbocycles. The van der Waals surface area contributed by atoms with Gasteiger partial charge in [-0.05, 0) is 23.8 Å². The van der Waals surface area contributed by atoms with Crippen LogP contribution in [0.1, 0.15) is 5.56 Å². The van der Waals surface area contributed by atoms with Crippen LogP contribution in [0.5, 0.6) is 5.75 Å². The second-order valence-electron chi connectivity index (χ2n) is 4.42. The van der Waals surface area contributed by atoms with Crippen LogP contribution in [0, 0.1) is 0 Å². The number of hydrogen-bond donors (Lipinski definition) is 2. The third-order valence-electron chi connectivity index (χ3n) is 2.80. The van der Waals surface area contributed by atoms with Gasteiger partial charge in [-0.2, -0.15) is 0 Å². The lowest BCUT2D eigenvalue weighted by Gasteiger charge is -2.11. The molecule has 1 heterocycles. The average Bonchev–Trinajstić information content (AvgIpc) is 2.75. The molecule has 0 saturated carbocycles. The van der Waals surface area contributed by atoms with E-state index in [1.54, 1.807) is 0 Å². The van der Waals surface area contributed by atoms with Crippen molar-refractivity contribution >= 4 is 17.5 Å². The molecule has 1 aliphatic heterocycles. The predicted octanol–water partition coefficient (Wildman–Crippen LogP) is 0.735. The zero-order valence-electron chi connectivity index (χ0n) is 10.5. The quantitative estimate of drug-likeness (QED) is 0.724. The summed E-state index contributed by atoms with van der Waals surface area (Å²) < 4.78 is 10.8. The number of nitrogens with two attached hydrogens (primary N) is 1. The first kappa shape index (κ1) is 14.1. The molecule has 0 spiro atoms. The van der Waals surface area contributed by atoms with Gasteiger partial charge in [0.25, 0.3) is 0 Å². The molecule has 0 aromatic heterocycles. The number of fused-ring (bicyclic) bond motifs is 1. The van der Waals surface area contributed by atoms with Crippen molar-refractivity contribution in [3.63, 3.8) is 0 Å². The van der Waals surface area contributed by atoms with E-state index in [1.807, 2.05) is 18.2 Å². The van der Waals surface area contributed by atoms with Gasteiger partial charge in [0, 0.05) is 24.5 Å². The minimum absolute atomic E-state index is 0.0362. The van der Waals surface area contributed by atoms with E-state index in [1.165, 1.54) is 0 Å². The van der Waals surface area contributed by atoms with E-state index >= 15 is 0 Å². The van der Waals surface area contributed by atoms with Crippen LogP contribution in [0.25, 0.3) is 0 Å². The van der Waals surface area contributed by atoms with Crippen molar-refractivity contribution in [1.82, 2.24) is 5.32 Å². The Morgan fingerprint density at radius 3 is 3.21 bits per heavy atom. The van der Waals surface area contributed by atoms with Crippen LogP contribution in [0.4, 0.5) is 0 Å². The summed E-state index contributed by atoms with van der Waals surface area (Å²) in [5.74, 6) is 0.452. The fourth-order valence-electron chi connectivity index (χ4n) is 1.98. The first-order valence-corrected chi connectivity index (χ1v) is 6.55. The third kappa shape index (κ3) is 4.38. The maximum absolute atomic E-state index is 10.4. The summed E-state index contributed by atoms with van der Waals surface area (Å²) in [6, 6.07) is 5.66. The van der Waals surface area contributed by atoms with Crippen LogP contribution >= 0.6 is 11.6 Å². The molecule has 3 N–H and O–H groups in total. The zero-order valence-corrected chi connectivity index (χ0v) is 11.3. The van der Waals surface area contributed by atoms with Crippen LogP contribution < -0.4 is 15.8 Å². The summed E-state index contributed by atoms with van der Waals surface area (Å²) in [6.07, 6.45) is 0.968. The van der Waals surface area contributed by atoms with Gasteiger partial charge in [0.05, 0.1) is 6.61 Å². The minimum Gasteiger partial charge on any atom is -0.488 e. The second-order valence-corrected chi connectivity index (χ2v) is 4.86. The molecular weight excluding hydrogens is 268 g/mol. The van der Waals surface area contributed by atoms with E-state index in [4.69, 9.17) is 26.8 Å². The Balaban J connectivity index is 1.63. The number of hydrogen-bond acceptors (Lipinski definition) is 4. The first-order valence-electron chi connectivity index (χ1n) is 6.17. The maximum atomic E-state index is 10.4. The molecule has 1 unspecified atom stereocenters. The molecule has 2 rings (SSSR count). The summed E-state index contributed by atoms with van der Waals surface area (Å²) >= 11 is 5.93. The third-order valence-corrected chi connectivity index (χ3v) is 3.04. The Kier molecular flexibility index (Phi) is 5.01. The van der Waals surface area contributed by atoms with Gasteiger partial charge in [0.1, 0.15) is 18.5 Å². The number of amides is 1. The molecule has 5 nitrogen and oxygen atoms in total. The van der Waals surface area contributed by atoms with Crippen molar-refractivity contribution in [3.8, 4) is 5.75 Å². The summed E-state index contributed by atoms with van der Waals surface area (Å²) in [7, 11) is 0. The molecule has 1 aromatic rings. The van der Waals surface area contributed by atoms with Crippen molar-refractivity contribution in [2.75, 3.05) is 26.3 Å². The highest BCUT2D eigenvalue weighted by Crippen LogP contribution is 2.30. The normalized spacial score (nSPS) is 17.0. The molecule has 19 heavy (non-hydrogen) atoms. The second kappa shape index (κ2) is 6.75. The lowest BCUT2D eigenvalue weighted by molar-refractivity contribution is -0.122. The summed E-state index contributed by atoms with van der Waals surface area (Å²) in [5, 5.41) is 3.95. The Hall–Kier alpha value is -1.30. The summed E-state index contributed by atoms with van der Waals surface area (Å²) in [6.45, 7) is 1.80. The summed E-state index contributed by atoms with van der Waals surface area (Å²) in [5.41, 5.74) is 6.10. The van der Waals surface area contributed by atoms with Gasteiger partial charge < -0.3 is 20.5 Å². The van der Waals surface area contributed by atoms with E-state index in [2.05, 4.69) is 5.32 Å². The van der Waals surface area contributed by atoms with Crippen LogP contribution in [0.15, 0.2) is 18.2 Å². The smallest absolute Gasteiger partial charge is 0.243 e. The largest absolute Gasteiger partial charge is 0.488 e. The number of carbonyl (C=O) groups is 1. The van der Waals surface area contributed by atoms with Crippen molar-refractivity contribution in [2.45, 2.75) is 12.5 Å². The molecule has 1 atom stereocenters. The van der Waals surface area contributed by atoms with Crippen molar-refractivity contribution in [2.24, 2.45) is 5.73 Å². The highest BCUT2D eigenvalue weighted by Gasteiger charge is 2.22. The Morgan fingerprint density at radius 2 is 2.42 bits per heavy atom. The van der Waals surface area contributed by atoms with Gasteiger partial charge in [-0.25, -0.2) is 0 Å². The topological polar surface area (TPSA) is 73.6 Å². The van der Waals surface area contributed by atoms with Crippen molar-refractivity contribution in [1.29, 1.82) is 0 Å². The average molecular weight is 285 g/mol. The van der Waals surface area contributed by atoms with Gasteiger partial charge in [-0.3, -0.25) is 4.79 Å². The minimum atomic E-state index is -0.452. The molecule has 0 bridgehead atoms. The number of rotatable bonds is 7. The number of benzene rings is 1. The summed E-state index contributed by atoms with van der Waals surface area (Å²) in [4.78, 5) is 10.4. The maximum Gasteiger partial charge on any atom is 0.243 e. The lowest BCUT2D eigenvalue weighted by atomic mass is 10.1. The van der Waals surface area contributed by atoms with Gasteiger partial charge in [-0.15, -0.1) is 0 Å². The number of primary amides is 1. The van der Waals surface area contributed by atoms with Gasteiger partial charge >= 0.3 is 0 Å². The predicted molar refractivity (Wildman–Crippen MR) is 72.5 cm³/mol. The molecule has 0 fully saturated rings. The van der Waals surface area contributed by atoms with Crippen LogP contribution in [0.2, 0.25) is 5.02 Å². The fourth-order valence-corrected chi connectivity index (χ4v) is 2.18. The van der Waals surface area contributed by atoms with Crippen molar-refractivity contribution in [3.05, 3.63) is 28.8 Å². The Bertz CT molecular complexity index is 454. The lowest BCUT2D eigenvalue weighted by Crippen LogP contribution is -2.32.